The molecule has 0 saturated carbocycles. The number of carbonyl (C=O) groups excluding carboxylic acids is 1. The van der Waals surface area contributed by atoms with E-state index in [0.29, 0.717) is 5.69 Å². The van der Waals surface area contributed by atoms with Gasteiger partial charge < -0.3 is 0 Å². The predicted octanol–water partition coefficient (Wildman–Crippen LogP) is 0.616. The first kappa shape index (κ1) is 10.3. The highest BCUT2D eigenvalue weighted by atomic mass is 16.1. The summed E-state index contributed by atoms with van der Waals surface area (Å²) in [5.74, 6) is -0.280. The van der Waals surface area contributed by atoms with Crippen LogP contribution in [0.3, 0.4) is 0 Å². The maximum Gasteiger partial charge on any atom is 0.234 e. The van der Waals surface area contributed by atoms with Crippen LogP contribution < -0.4 is 0 Å². The van der Waals surface area contributed by atoms with Crippen molar-refractivity contribution in [2.24, 2.45) is 0 Å². The van der Waals surface area contributed by atoms with E-state index in [1.54, 1.807) is 0 Å². The Morgan fingerprint density at radius 2 is 2.00 bits per heavy atom. The maximum atomic E-state index is 12.1. The number of nitrogens with zero attached hydrogens (tertiary/aromatic N) is 5. The first-order valence-corrected chi connectivity index (χ1v) is 5.23. The van der Waals surface area contributed by atoms with Crippen molar-refractivity contribution in [1.82, 2.24) is 30.4 Å². The lowest BCUT2D eigenvalue weighted by Crippen LogP contribution is -2.10. The van der Waals surface area contributed by atoms with Crippen molar-refractivity contribution in [1.29, 1.82) is 0 Å². The molecular formula is C11H8N6O. The Morgan fingerprint density at radius 1 is 1.17 bits per heavy atom. The zero-order valence-electron chi connectivity index (χ0n) is 9.19. The van der Waals surface area contributed by atoms with Crippen molar-refractivity contribution in [2.75, 3.05) is 0 Å². The minimum atomic E-state index is -0.280. The van der Waals surface area contributed by atoms with Gasteiger partial charge >= 0.3 is 0 Å². The van der Waals surface area contributed by atoms with E-state index < -0.39 is 0 Å². The van der Waals surface area contributed by atoms with E-state index >= 15 is 0 Å². The molecule has 0 aliphatic heterocycles. The van der Waals surface area contributed by atoms with Gasteiger partial charge in [-0.1, -0.05) is 23.4 Å². The molecule has 2 aromatic heterocycles. The van der Waals surface area contributed by atoms with Gasteiger partial charge in [0.15, 0.2) is 5.69 Å². The summed E-state index contributed by atoms with van der Waals surface area (Å²) in [7, 11) is 0. The van der Waals surface area contributed by atoms with Crippen LogP contribution in [0.4, 0.5) is 0 Å². The molecule has 0 spiro atoms. The molecule has 1 aromatic carbocycles. The highest BCUT2D eigenvalue weighted by Gasteiger charge is 2.18. The molecule has 0 unspecified atom stereocenters. The van der Waals surface area contributed by atoms with Gasteiger partial charge in [-0.25, -0.2) is 4.68 Å². The van der Waals surface area contributed by atoms with Gasteiger partial charge in [0.2, 0.25) is 5.78 Å². The lowest BCUT2D eigenvalue weighted by molar-refractivity contribution is 0.102. The summed E-state index contributed by atoms with van der Waals surface area (Å²) in [6.07, 6.45) is 2.77. The number of H-pyrrole nitrogens is 1. The van der Waals surface area contributed by atoms with Crippen LogP contribution in [0.15, 0.2) is 42.7 Å². The van der Waals surface area contributed by atoms with Crippen LogP contribution in [-0.2, 0) is 0 Å². The monoisotopic (exact) mass is 240 g/mol. The number of hydrogen-bond donors (Lipinski definition) is 1. The van der Waals surface area contributed by atoms with Crippen molar-refractivity contribution in [3.63, 3.8) is 0 Å². The Kier molecular flexibility index (Phi) is 2.41. The second-order valence-electron chi connectivity index (χ2n) is 3.55. The van der Waals surface area contributed by atoms with Gasteiger partial charge in [0, 0.05) is 0 Å². The summed E-state index contributed by atoms with van der Waals surface area (Å²) in [4.78, 5) is 12.1. The predicted molar refractivity (Wildman–Crippen MR) is 61.2 cm³/mol. The molecule has 1 N–H and O–H groups in total. The number of rotatable bonds is 3. The summed E-state index contributed by atoms with van der Waals surface area (Å²) in [5.41, 5.74) is 1.34. The summed E-state index contributed by atoms with van der Waals surface area (Å²) in [6, 6.07) is 9.30. The molecule has 0 saturated heterocycles. The van der Waals surface area contributed by atoms with Crippen LogP contribution in [0.1, 0.15) is 16.2 Å². The molecule has 7 heteroatoms. The first-order chi connectivity index (χ1) is 8.86. The highest BCUT2D eigenvalue weighted by Crippen LogP contribution is 2.11. The zero-order chi connectivity index (χ0) is 12.4. The number of aromatic nitrogens is 6. The van der Waals surface area contributed by atoms with Crippen molar-refractivity contribution < 1.29 is 4.79 Å². The fraction of sp³-hybridized carbons (Fsp3) is 0. The molecule has 18 heavy (non-hydrogen) atoms. The van der Waals surface area contributed by atoms with Crippen LogP contribution in [0.5, 0.6) is 0 Å². The minimum absolute atomic E-state index is 0.231. The SMILES string of the molecule is O=C(c1cn[nH]n1)c1cnnn1-c1ccccc1. The Hall–Kier alpha value is -2.83. The van der Waals surface area contributed by atoms with Crippen LogP contribution >= 0.6 is 0 Å². The fourth-order valence-electron chi connectivity index (χ4n) is 1.59. The van der Waals surface area contributed by atoms with E-state index in [0.717, 1.165) is 5.69 Å². The van der Waals surface area contributed by atoms with E-state index in [1.165, 1.54) is 17.1 Å². The first-order valence-electron chi connectivity index (χ1n) is 5.23. The van der Waals surface area contributed by atoms with Gasteiger partial charge in [0.05, 0.1) is 18.1 Å². The Balaban J connectivity index is 2.05. The summed E-state index contributed by atoms with van der Waals surface area (Å²) in [6.45, 7) is 0. The van der Waals surface area contributed by atoms with Crippen LogP contribution in [0.25, 0.3) is 5.69 Å². The Labute approximate surface area is 101 Å². The number of ketones is 1. The molecule has 0 fully saturated rings. The fourth-order valence-corrected chi connectivity index (χ4v) is 1.59. The number of hydrogen-bond acceptors (Lipinski definition) is 5. The van der Waals surface area contributed by atoms with Gasteiger partial charge in [-0.3, -0.25) is 4.79 Å². The molecular weight excluding hydrogens is 232 g/mol. The molecule has 0 atom stereocenters. The third-order valence-corrected chi connectivity index (χ3v) is 2.43. The molecule has 3 aromatic rings. The molecule has 2 heterocycles. The third kappa shape index (κ3) is 1.67. The maximum absolute atomic E-state index is 12.1. The van der Waals surface area contributed by atoms with Gasteiger partial charge in [0.25, 0.3) is 0 Å². The second-order valence-corrected chi connectivity index (χ2v) is 3.55. The second kappa shape index (κ2) is 4.21. The molecule has 0 bridgehead atoms. The number of carbonyl (C=O) groups is 1. The smallest absolute Gasteiger partial charge is 0.234 e. The van der Waals surface area contributed by atoms with Gasteiger partial charge in [-0.2, -0.15) is 15.4 Å². The average Bonchev–Trinajstić information content (AvgIpc) is 3.10. The Morgan fingerprint density at radius 3 is 2.72 bits per heavy atom. The van der Waals surface area contributed by atoms with E-state index in [1.807, 2.05) is 30.3 Å². The summed E-state index contributed by atoms with van der Waals surface area (Å²) < 4.78 is 1.47. The summed E-state index contributed by atoms with van der Waals surface area (Å²) in [5, 5.41) is 17.4. The lowest BCUT2D eigenvalue weighted by Gasteiger charge is -2.03. The molecule has 88 valence electrons. The van der Waals surface area contributed by atoms with Crippen molar-refractivity contribution in [3.05, 3.63) is 54.1 Å². The van der Waals surface area contributed by atoms with Crippen molar-refractivity contribution >= 4 is 5.78 Å². The highest BCUT2D eigenvalue weighted by molar-refractivity contribution is 6.06. The molecule has 7 nitrogen and oxygen atoms in total. The van der Waals surface area contributed by atoms with Gasteiger partial charge in [-0.15, -0.1) is 5.10 Å². The lowest BCUT2D eigenvalue weighted by atomic mass is 10.2. The van der Waals surface area contributed by atoms with Crippen LogP contribution in [0, 0.1) is 0 Å². The van der Waals surface area contributed by atoms with Crippen LogP contribution in [0.2, 0.25) is 0 Å². The quantitative estimate of drug-likeness (QED) is 0.678. The largest absolute Gasteiger partial charge is 0.285 e. The number of para-hydroxylation sites is 1. The number of nitrogens with one attached hydrogen (secondary N) is 1. The van der Waals surface area contributed by atoms with Crippen molar-refractivity contribution in [3.8, 4) is 5.69 Å². The topological polar surface area (TPSA) is 89.3 Å². The van der Waals surface area contributed by atoms with E-state index in [9.17, 15) is 4.79 Å². The number of benzene rings is 1. The molecule has 0 aliphatic rings. The van der Waals surface area contributed by atoms with Crippen molar-refractivity contribution in [2.45, 2.75) is 0 Å². The average molecular weight is 240 g/mol. The number of aromatic amines is 1. The Bertz CT molecular complexity index is 658. The molecule has 0 radical (unpaired) electrons. The molecule has 0 amide bonds. The van der Waals surface area contributed by atoms with Gasteiger partial charge in [0.1, 0.15) is 5.69 Å². The van der Waals surface area contributed by atoms with Crippen LogP contribution in [-0.4, -0.2) is 36.2 Å². The zero-order valence-corrected chi connectivity index (χ0v) is 9.19. The third-order valence-electron chi connectivity index (χ3n) is 2.43. The molecule has 3 rings (SSSR count). The summed E-state index contributed by atoms with van der Waals surface area (Å²) >= 11 is 0. The van der Waals surface area contributed by atoms with E-state index in [2.05, 4.69) is 25.7 Å². The minimum Gasteiger partial charge on any atom is -0.285 e. The standard InChI is InChI=1S/C11H8N6O/c18-11(9-6-12-15-14-9)10-7-13-16-17(10)8-4-2-1-3-5-8/h1-7H,(H,12,14,15). The normalized spacial score (nSPS) is 10.4. The van der Waals surface area contributed by atoms with E-state index in [-0.39, 0.29) is 11.5 Å². The molecule has 0 aliphatic carbocycles. The van der Waals surface area contributed by atoms with Gasteiger partial charge in [-0.05, 0) is 12.1 Å². The van der Waals surface area contributed by atoms with E-state index in [4.69, 9.17) is 0 Å².